The van der Waals surface area contributed by atoms with Gasteiger partial charge in [0.1, 0.15) is 5.82 Å². The van der Waals surface area contributed by atoms with Crippen molar-refractivity contribution < 1.29 is 4.79 Å². The molecular formula is C25H24N6O. The Bertz CT molecular complexity index is 1190. The van der Waals surface area contributed by atoms with Gasteiger partial charge in [0.05, 0.1) is 0 Å². The molecule has 0 aliphatic heterocycles. The molecule has 0 saturated heterocycles. The molecule has 1 aromatic heterocycles. The van der Waals surface area contributed by atoms with Crippen molar-refractivity contribution in [2.45, 2.75) is 13.8 Å². The van der Waals surface area contributed by atoms with Crippen molar-refractivity contribution in [3.63, 3.8) is 0 Å². The Balaban J connectivity index is 1.39. The van der Waals surface area contributed by atoms with Crippen LogP contribution >= 0.6 is 0 Å². The predicted octanol–water partition coefficient (Wildman–Crippen LogP) is 6.22. The van der Waals surface area contributed by atoms with Gasteiger partial charge in [-0.3, -0.25) is 0 Å². The highest BCUT2D eigenvalue weighted by Crippen LogP contribution is 2.21. The van der Waals surface area contributed by atoms with E-state index >= 15 is 0 Å². The molecule has 0 spiro atoms. The second-order valence-electron chi connectivity index (χ2n) is 7.36. The minimum Gasteiger partial charge on any atom is -0.340 e. The van der Waals surface area contributed by atoms with Crippen LogP contribution in [0.1, 0.15) is 11.3 Å². The van der Waals surface area contributed by atoms with E-state index < -0.39 is 0 Å². The van der Waals surface area contributed by atoms with E-state index in [1.165, 1.54) is 5.56 Å². The van der Waals surface area contributed by atoms with Gasteiger partial charge in [0.2, 0.25) is 5.95 Å². The molecule has 2 amide bonds. The van der Waals surface area contributed by atoms with E-state index in [-0.39, 0.29) is 6.03 Å². The average Bonchev–Trinajstić information content (AvgIpc) is 2.77. The number of rotatable bonds is 6. The third-order valence-corrected chi connectivity index (χ3v) is 4.61. The summed E-state index contributed by atoms with van der Waals surface area (Å²) < 4.78 is 0. The molecule has 0 unspecified atom stereocenters. The molecule has 4 aromatic rings. The zero-order chi connectivity index (χ0) is 22.3. The molecule has 0 bridgehead atoms. The summed E-state index contributed by atoms with van der Waals surface area (Å²) in [5, 5.41) is 12.1. The van der Waals surface area contributed by atoms with Crippen molar-refractivity contribution in [2.24, 2.45) is 0 Å². The van der Waals surface area contributed by atoms with E-state index in [1.807, 2.05) is 91.9 Å². The highest BCUT2D eigenvalue weighted by atomic mass is 16.2. The van der Waals surface area contributed by atoms with E-state index in [1.54, 1.807) is 0 Å². The molecule has 4 N–H and O–H groups in total. The lowest BCUT2D eigenvalue weighted by Gasteiger charge is -2.11. The van der Waals surface area contributed by atoms with Crippen molar-refractivity contribution in [3.8, 4) is 0 Å². The molecule has 3 aromatic carbocycles. The Morgan fingerprint density at radius 2 is 1.22 bits per heavy atom. The van der Waals surface area contributed by atoms with Crippen LogP contribution in [0.25, 0.3) is 0 Å². The van der Waals surface area contributed by atoms with Gasteiger partial charge in [-0.1, -0.05) is 35.9 Å². The SMILES string of the molecule is Cc1ccc(Nc2cc(C)nc(Nc3ccc(NC(=O)Nc4ccccc4)cc3)n2)cc1. The second kappa shape index (κ2) is 9.61. The molecule has 0 atom stereocenters. The Hall–Kier alpha value is -4.39. The van der Waals surface area contributed by atoms with Gasteiger partial charge in [-0.05, 0) is 62.4 Å². The topological polar surface area (TPSA) is 91.0 Å². The monoisotopic (exact) mass is 424 g/mol. The minimum absolute atomic E-state index is 0.300. The molecule has 32 heavy (non-hydrogen) atoms. The molecule has 1 heterocycles. The van der Waals surface area contributed by atoms with Crippen LogP contribution in [-0.2, 0) is 0 Å². The summed E-state index contributed by atoms with van der Waals surface area (Å²) in [4.78, 5) is 21.1. The summed E-state index contributed by atoms with van der Waals surface area (Å²) in [6.45, 7) is 3.97. The largest absolute Gasteiger partial charge is 0.340 e. The summed E-state index contributed by atoms with van der Waals surface area (Å²) in [6, 6.07) is 26.3. The molecule has 0 aliphatic carbocycles. The number of aryl methyl sites for hydroxylation is 2. The first-order valence-corrected chi connectivity index (χ1v) is 10.2. The van der Waals surface area contributed by atoms with Gasteiger partial charge >= 0.3 is 6.03 Å². The Morgan fingerprint density at radius 1 is 0.656 bits per heavy atom. The predicted molar refractivity (Wildman–Crippen MR) is 130 cm³/mol. The first-order valence-electron chi connectivity index (χ1n) is 10.2. The van der Waals surface area contributed by atoms with Crippen LogP contribution in [-0.4, -0.2) is 16.0 Å². The third kappa shape index (κ3) is 5.82. The molecule has 160 valence electrons. The fraction of sp³-hybridized carbons (Fsp3) is 0.0800. The summed E-state index contributed by atoms with van der Waals surface area (Å²) in [5.74, 6) is 1.20. The molecule has 7 nitrogen and oxygen atoms in total. The summed E-state index contributed by atoms with van der Waals surface area (Å²) in [5.41, 5.74) is 5.22. The van der Waals surface area contributed by atoms with Crippen molar-refractivity contribution >= 4 is 40.5 Å². The number of benzene rings is 3. The maximum Gasteiger partial charge on any atom is 0.323 e. The molecule has 0 radical (unpaired) electrons. The summed E-state index contributed by atoms with van der Waals surface area (Å²) >= 11 is 0. The number of para-hydroxylation sites is 1. The molecule has 4 rings (SSSR count). The van der Waals surface area contributed by atoms with Crippen molar-refractivity contribution in [1.82, 2.24) is 9.97 Å². The number of amides is 2. The zero-order valence-electron chi connectivity index (χ0n) is 17.9. The third-order valence-electron chi connectivity index (χ3n) is 4.61. The van der Waals surface area contributed by atoms with Crippen LogP contribution in [0.2, 0.25) is 0 Å². The van der Waals surface area contributed by atoms with E-state index in [9.17, 15) is 4.79 Å². The van der Waals surface area contributed by atoms with Gasteiger partial charge in [0.25, 0.3) is 0 Å². The number of anilines is 6. The number of carbonyl (C=O) groups is 1. The number of nitrogens with one attached hydrogen (secondary N) is 4. The first kappa shape index (κ1) is 20.9. The first-order chi connectivity index (χ1) is 15.5. The molecule has 0 saturated carbocycles. The number of nitrogens with zero attached hydrogens (tertiary/aromatic N) is 2. The van der Waals surface area contributed by atoms with Crippen LogP contribution in [0.4, 0.5) is 39.3 Å². The van der Waals surface area contributed by atoms with Gasteiger partial charge in [0, 0.05) is 34.5 Å². The van der Waals surface area contributed by atoms with Gasteiger partial charge in [0.15, 0.2) is 0 Å². The van der Waals surface area contributed by atoms with Crippen LogP contribution < -0.4 is 21.3 Å². The number of urea groups is 1. The number of hydrogen-bond donors (Lipinski definition) is 4. The fourth-order valence-electron chi connectivity index (χ4n) is 3.05. The van der Waals surface area contributed by atoms with Crippen LogP contribution in [0, 0.1) is 13.8 Å². The van der Waals surface area contributed by atoms with Crippen LogP contribution in [0.15, 0.2) is 84.9 Å². The van der Waals surface area contributed by atoms with E-state index in [2.05, 4.69) is 38.2 Å². The van der Waals surface area contributed by atoms with E-state index in [0.717, 1.165) is 22.8 Å². The lowest BCUT2D eigenvalue weighted by Crippen LogP contribution is -2.19. The highest BCUT2D eigenvalue weighted by molar-refractivity contribution is 5.99. The van der Waals surface area contributed by atoms with Crippen LogP contribution in [0.5, 0.6) is 0 Å². The summed E-state index contributed by atoms with van der Waals surface area (Å²) in [6.07, 6.45) is 0. The quantitative estimate of drug-likeness (QED) is 0.295. The van der Waals surface area contributed by atoms with Crippen molar-refractivity contribution in [3.05, 3.63) is 96.2 Å². The number of aromatic nitrogens is 2. The van der Waals surface area contributed by atoms with Crippen molar-refractivity contribution in [2.75, 3.05) is 21.3 Å². The van der Waals surface area contributed by atoms with Gasteiger partial charge in [-0.15, -0.1) is 0 Å². The maximum absolute atomic E-state index is 12.1. The lowest BCUT2D eigenvalue weighted by molar-refractivity contribution is 0.262. The van der Waals surface area contributed by atoms with E-state index in [0.29, 0.717) is 17.5 Å². The summed E-state index contributed by atoms with van der Waals surface area (Å²) in [7, 11) is 0. The minimum atomic E-state index is -0.300. The normalized spacial score (nSPS) is 10.3. The zero-order valence-corrected chi connectivity index (χ0v) is 17.9. The average molecular weight is 425 g/mol. The second-order valence-corrected chi connectivity index (χ2v) is 7.36. The lowest BCUT2D eigenvalue weighted by atomic mass is 10.2. The highest BCUT2D eigenvalue weighted by Gasteiger charge is 2.06. The van der Waals surface area contributed by atoms with Crippen LogP contribution in [0.3, 0.4) is 0 Å². The number of carbonyl (C=O) groups excluding carboxylic acids is 1. The standard InChI is InChI=1S/C25H24N6O/c1-17-8-10-20(11-9-17)27-23-16-18(2)26-24(31-23)28-21-12-14-22(15-13-21)30-25(32)29-19-6-4-3-5-7-19/h3-16H,1-2H3,(H2,29,30,32)(H2,26,27,28,31). The maximum atomic E-state index is 12.1. The van der Waals surface area contributed by atoms with Gasteiger partial charge in [-0.2, -0.15) is 4.98 Å². The number of hydrogen-bond acceptors (Lipinski definition) is 5. The Labute approximate surface area is 186 Å². The molecule has 7 heteroatoms. The molecule has 0 aliphatic rings. The molecular weight excluding hydrogens is 400 g/mol. The Kier molecular flexibility index (Phi) is 6.27. The van der Waals surface area contributed by atoms with Gasteiger partial charge < -0.3 is 21.3 Å². The Morgan fingerprint density at radius 3 is 1.91 bits per heavy atom. The van der Waals surface area contributed by atoms with E-state index in [4.69, 9.17) is 0 Å². The molecule has 0 fully saturated rings. The fourth-order valence-corrected chi connectivity index (χ4v) is 3.05. The van der Waals surface area contributed by atoms with Gasteiger partial charge in [-0.25, -0.2) is 9.78 Å². The van der Waals surface area contributed by atoms with Crippen molar-refractivity contribution in [1.29, 1.82) is 0 Å². The smallest absolute Gasteiger partial charge is 0.323 e.